The lowest BCUT2D eigenvalue weighted by Crippen LogP contribution is -2.45. The molecule has 2 heterocycles. The summed E-state index contributed by atoms with van der Waals surface area (Å²) in [5.74, 6) is 0.304. The molecule has 0 saturated carbocycles. The summed E-state index contributed by atoms with van der Waals surface area (Å²) in [6, 6.07) is 9.59. The number of esters is 2. The summed E-state index contributed by atoms with van der Waals surface area (Å²) in [4.78, 5) is 37.0. The minimum atomic E-state index is -0.321. The molecule has 8 heteroatoms. The van der Waals surface area contributed by atoms with Gasteiger partial charge in [-0.05, 0) is 57.2 Å². The molecule has 2 aliphatic heterocycles. The van der Waals surface area contributed by atoms with Gasteiger partial charge in [0, 0.05) is 13.1 Å². The Morgan fingerprint density at radius 3 is 2.09 bits per heavy atom. The molecule has 0 unspecified atom stereocenters. The van der Waals surface area contributed by atoms with Gasteiger partial charge >= 0.3 is 18.0 Å². The number of benzene rings is 1. The first kappa shape index (κ1) is 27.6. The predicted molar refractivity (Wildman–Crippen MR) is 129 cm³/mol. The highest BCUT2D eigenvalue weighted by Gasteiger charge is 2.34. The Kier molecular flexibility index (Phi) is 11.9. The number of nitrogens with zero attached hydrogens (tertiary/aromatic N) is 1. The summed E-state index contributed by atoms with van der Waals surface area (Å²) in [5.41, 5.74) is 0.963. The molecule has 0 aliphatic carbocycles. The molecule has 0 bridgehead atoms. The average Bonchev–Trinajstić information content (AvgIpc) is 2.84. The summed E-state index contributed by atoms with van der Waals surface area (Å²) in [5, 5.41) is 3.25. The predicted octanol–water partition coefficient (Wildman–Crippen LogP) is 3.64. The largest absolute Gasteiger partial charge is 0.466 e. The van der Waals surface area contributed by atoms with Crippen LogP contribution >= 0.6 is 0 Å². The Labute approximate surface area is 203 Å². The molecule has 190 valence electrons. The van der Waals surface area contributed by atoms with Crippen molar-refractivity contribution in [1.82, 2.24) is 10.2 Å². The number of nitrogens with one attached hydrogen (secondary N) is 1. The minimum Gasteiger partial charge on any atom is -0.466 e. The lowest BCUT2D eigenvalue weighted by molar-refractivity contribution is -0.152. The highest BCUT2D eigenvalue weighted by atomic mass is 16.6. The van der Waals surface area contributed by atoms with E-state index in [-0.39, 0.29) is 42.4 Å². The van der Waals surface area contributed by atoms with E-state index in [9.17, 15) is 14.4 Å². The zero-order valence-corrected chi connectivity index (χ0v) is 21.0. The second kappa shape index (κ2) is 14.6. The van der Waals surface area contributed by atoms with Crippen molar-refractivity contribution in [3.8, 4) is 0 Å². The van der Waals surface area contributed by atoms with Crippen molar-refractivity contribution >= 4 is 18.0 Å². The molecular formula is C26H40N2O6. The van der Waals surface area contributed by atoms with Gasteiger partial charge in [0.05, 0.1) is 25.0 Å². The molecule has 1 aromatic rings. The third kappa shape index (κ3) is 8.63. The number of ether oxygens (including phenoxy) is 3. The first-order valence-corrected chi connectivity index (χ1v) is 12.4. The summed E-state index contributed by atoms with van der Waals surface area (Å²) in [7, 11) is 0. The van der Waals surface area contributed by atoms with Crippen LogP contribution in [0.4, 0.5) is 4.79 Å². The smallest absolute Gasteiger partial charge is 0.410 e. The molecule has 1 amide bonds. The van der Waals surface area contributed by atoms with Crippen molar-refractivity contribution in [2.45, 2.75) is 47.1 Å². The van der Waals surface area contributed by atoms with Gasteiger partial charge in [-0.2, -0.15) is 0 Å². The third-order valence-corrected chi connectivity index (χ3v) is 6.33. The van der Waals surface area contributed by atoms with Gasteiger partial charge in [0.25, 0.3) is 0 Å². The number of carbonyl (C=O) groups excluding carboxylic acids is 3. The number of hydrogen-bond donors (Lipinski definition) is 1. The van der Waals surface area contributed by atoms with Gasteiger partial charge in [0.2, 0.25) is 0 Å². The Bertz CT molecular complexity index is 772. The molecule has 2 saturated heterocycles. The van der Waals surface area contributed by atoms with Crippen LogP contribution in [0.3, 0.4) is 0 Å². The van der Waals surface area contributed by atoms with Crippen LogP contribution in [0.25, 0.3) is 0 Å². The van der Waals surface area contributed by atoms with Crippen LogP contribution in [-0.4, -0.2) is 62.3 Å². The van der Waals surface area contributed by atoms with E-state index in [0.29, 0.717) is 38.6 Å². The number of amides is 1. The van der Waals surface area contributed by atoms with Crippen molar-refractivity contribution in [3.63, 3.8) is 0 Å². The lowest BCUT2D eigenvalue weighted by Gasteiger charge is -2.34. The highest BCUT2D eigenvalue weighted by Crippen LogP contribution is 2.25. The maximum Gasteiger partial charge on any atom is 0.410 e. The molecule has 1 N–H and O–H groups in total. The van der Waals surface area contributed by atoms with Crippen LogP contribution in [0.2, 0.25) is 0 Å². The van der Waals surface area contributed by atoms with Crippen LogP contribution in [0.15, 0.2) is 30.3 Å². The Hall–Kier alpha value is -2.61. The van der Waals surface area contributed by atoms with Crippen LogP contribution in [0.1, 0.15) is 46.1 Å². The second-order valence-electron chi connectivity index (χ2n) is 8.94. The Balaban J connectivity index is 0.000000287. The zero-order chi connectivity index (χ0) is 24.9. The molecule has 1 aromatic carbocycles. The molecular weight excluding hydrogens is 436 g/mol. The van der Waals surface area contributed by atoms with Gasteiger partial charge in [0.15, 0.2) is 0 Å². The third-order valence-electron chi connectivity index (χ3n) is 6.33. The van der Waals surface area contributed by atoms with E-state index < -0.39 is 0 Å². The topological polar surface area (TPSA) is 94.2 Å². The number of likely N-dealkylation sites (tertiary alicyclic amines) is 1. The van der Waals surface area contributed by atoms with Crippen LogP contribution in [0, 0.1) is 23.7 Å². The molecule has 34 heavy (non-hydrogen) atoms. The van der Waals surface area contributed by atoms with E-state index in [4.69, 9.17) is 14.2 Å². The van der Waals surface area contributed by atoms with E-state index >= 15 is 0 Å². The number of hydrogen-bond acceptors (Lipinski definition) is 7. The maximum absolute atomic E-state index is 12.1. The first-order valence-electron chi connectivity index (χ1n) is 12.4. The van der Waals surface area contributed by atoms with Crippen molar-refractivity contribution in [1.29, 1.82) is 0 Å². The number of rotatable bonds is 6. The normalized spacial score (nSPS) is 24.3. The number of carbonyl (C=O) groups is 3. The van der Waals surface area contributed by atoms with Gasteiger partial charge in [0.1, 0.15) is 6.61 Å². The quantitative estimate of drug-likeness (QED) is 0.495. The zero-order valence-electron chi connectivity index (χ0n) is 21.0. The maximum atomic E-state index is 12.1. The first-order chi connectivity index (χ1) is 16.4. The summed E-state index contributed by atoms with van der Waals surface area (Å²) in [6.07, 6.45) is 1.22. The van der Waals surface area contributed by atoms with E-state index in [0.717, 1.165) is 25.1 Å². The van der Waals surface area contributed by atoms with Gasteiger partial charge in [-0.15, -0.1) is 0 Å². The molecule has 8 nitrogen and oxygen atoms in total. The fraction of sp³-hybridized carbons (Fsp3) is 0.654. The molecule has 0 aromatic heterocycles. The Morgan fingerprint density at radius 1 is 0.912 bits per heavy atom. The lowest BCUT2D eigenvalue weighted by atomic mass is 9.87. The van der Waals surface area contributed by atoms with E-state index in [1.807, 2.05) is 44.2 Å². The monoisotopic (exact) mass is 476 g/mol. The fourth-order valence-electron chi connectivity index (χ4n) is 4.33. The van der Waals surface area contributed by atoms with Crippen LogP contribution < -0.4 is 5.32 Å². The van der Waals surface area contributed by atoms with E-state index in [1.165, 1.54) is 0 Å². The molecule has 0 radical (unpaired) electrons. The molecule has 0 spiro atoms. The van der Waals surface area contributed by atoms with Gasteiger partial charge in [-0.1, -0.05) is 44.2 Å². The van der Waals surface area contributed by atoms with Gasteiger partial charge < -0.3 is 24.4 Å². The van der Waals surface area contributed by atoms with Crippen molar-refractivity contribution in [2.75, 3.05) is 39.4 Å². The standard InChI is InChI=1S/C17H23NO4.C9H17NO2/c1-3-21-16(19)15-9-10-18(11-13(15)2)17(20)22-12-14-7-5-4-6-8-14;1-3-12-9(11)8-4-5-10-6-7(8)2/h4-8,13,15H,3,9-12H2,1-2H3;7-8,10H,3-6H2,1-2H3/t13-,15+;7-,8+/m11/s1. The highest BCUT2D eigenvalue weighted by molar-refractivity contribution is 5.74. The SMILES string of the molecule is CCOC(=O)[C@H]1CCN(C(=O)OCc2ccccc2)C[C@H]1C.CCOC(=O)[C@H]1CCNC[C@H]1C. The van der Waals surface area contributed by atoms with Gasteiger partial charge in [-0.25, -0.2) is 4.79 Å². The summed E-state index contributed by atoms with van der Waals surface area (Å²) in [6.45, 7) is 11.8. The van der Waals surface area contributed by atoms with Crippen molar-refractivity contribution < 1.29 is 28.6 Å². The van der Waals surface area contributed by atoms with E-state index in [2.05, 4.69) is 12.2 Å². The van der Waals surface area contributed by atoms with Crippen LogP contribution in [0.5, 0.6) is 0 Å². The fourth-order valence-corrected chi connectivity index (χ4v) is 4.33. The second-order valence-corrected chi connectivity index (χ2v) is 8.94. The molecule has 2 aliphatic rings. The summed E-state index contributed by atoms with van der Waals surface area (Å²) < 4.78 is 15.4. The van der Waals surface area contributed by atoms with Crippen LogP contribution in [-0.2, 0) is 30.4 Å². The van der Waals surface area contributed by atoms with Gasteiger partial charge in [-0.3, -0.25) is 9.59 Å². The minimum absolute atomic E-state index is 0.0218. The average molecular weight is 477 g/mol. The van der Waals surface area contributed by atoms with E-state index in [1.54, 1.807) is 11.8 Å². The molecule has 2 fully saturated rings. The molecule has 4 atom stereocenters. The van der Waals surface area contributed by atoms with Crippen molar-refractivity contribution in [3.05, 3.63) is 35.9 Å². The summed E-state index contributed by atoms with van der Waals surface area (Å²) >= 11 is 0. The Morgan fingerprint density at radius 2 is 1.53 bits per heavy atom. The number of piperidine rings is 2. The van der Waals surface area contributed by atoms with Crippen molar-refractivity contribution in [2.24, 2.45) is 23.7 Å². The molecule has 3 rings (SSSR count).